The maximum Gasteiger partial charge on any atom is 0.177 e. The van der Waals surface area contributed by atoms with Gasteiger partial charge in [-0.25, -0.2) is 7.98 Å². The zero-order valence-electron chi connectivity index (χ0n) is 6.85. The first-order valence-corrected chi connectivity index (χ1v) is 4.44. The van der Waals surface area contributed by atoms with E-state index in [-0.39, 0.29) is 5.75 Å². The van der Waals surface area contributed by atoms with Gasteiger partial charge in [-0.3, -0.25) is 0 Å². The van der Waals surface area contributed by atoms with Crippen LogP contribution in [-0.4, -0.2) is 18.9 Å². The van der Waals surface area contributed by atoms with E-state index in [1.54, 1.807) is 0 Å². The summed E-state index contributed by atoms with van der Waals surface area (Å²) in [5.74, 6) is -0.129. The number of hydrogen-bond donors (Lipinski definition) is 1. The summed E-state index contributed by atoms with van der Waals surface area (Å²) in [5, 5.41) is 16.8. The maximum absolute atomic E-state index is 12.9. The number of phenols is 1. The highest BCUT2D eigenvalue weighted by atomic mass is 79.9. The minimum absolute atomic E-state index is 0.0416. The summed E-state index contributed by atoms with van der Waals surface area (Å²) in [5.41, 5.74) is 0.291. The number of aromatic hydroxyl groups is 1. The Morgan fingerprint density at radius 3 is 2.86 bits per heavy atom. The van der Waals surface area contributed by atoms with Crippen LogP contribution in [0.15, 0.2) is 24.5 Å². The van der Waals surface area contributed by atoms with Gasteiger partial charge in [0.1, 0.15) is 17.9 Å². The third-order valence-corrected chi connectivity index (χ3v) is 2.23. The molecule has 0 saturated heterocycles. The minimum atomic E-state index is -0.437. The quantitative estimate of drug-likeness (QED) is 0.850. The summed E-state index contributed by atoms with van der Waals surface area (Å²) in [6, 6.07) is 3.64. The van der Waals surface area contributed by atoms with Gasteiger partial charge >= 0.3 is 0 Å². The molecule has 0 spiro atoms. The lowest BCUT2D eigenvalue weighted by Crippen LogP contribution is -1.87. The van der Waals surface area contributed by atoms with Gasteiger partial charge < -0.3 is 5.11 Å². The number of rotatable bonds is 1. The highest BCUT2D eigenvalue weighted by molar-refractivity contribution is 9.08. The van der Waals surface area contributed by atoms with Crippen LogP contribution >= 0.6 is 16.1 Å². The van der Waals surface area contributed by atoms with Gasteiger partial charge in [-0.1, -0.05) is 0 Å². The molecule has 2 rings (SSSR count). The van der Waals surface area contributed by atoms with E-state index in [2.05, 4.69) is 26.3 Å². The molecule has 6 heteroatoms. The Hall–Kier alpha value is -1.43. The highest BCUT2D eigenvalue weighted by Gasteiger charge is 2.11. The van der Waals surface area contributed by atoms with E-state index >= 15 is 0 Å². The molecule has 72 valence electrons. The molecule has 0 unspecified atom stereocenters. The predicted molar refractivity (Wildman–Crippen MR) is 51.4 cm³/mol. The molecule has 1 N–H and O–H groups in total. The first-order valence-electron chi connectivity index (χ1n) is 3.73. The summed E-state index contributed by atoms with van der Waals surface area (Å²) in [6.45, 7) is 0. The number of benzene rings is 1. The van der Waals surface area contributed by atoms with Gasteiger partial charge in [-0.15, -0.1) is 10.2 Å². The smallest absolute Gasteiger partial charge is 0.177 e. The number of aromatic nitrogens is 3. The molecule has 0 bridgehead atoms. The molecule has 0 aliphatic heterocycles. The molecule has 1 aromatic carbocycles. The average molecular weight is 258 g/mol. The van der Waals surface area contributed by atoms with E-state index in [1.807, 2.05) is 0 Å². The Bertz CT molecular complexity index is 471. The van der Waals surface area contributed by atoms with E-state index in [0.717, 1.165) is 0 Å². The van der Waals surface area contributed by atoms with E-state index in [0.29, 0.717) is 11.4 Å². The van der Waals surface area contributed by atoms with E-state index < -0.39 is 5.82 Å². The average Bonchev–Trinajstić information content (AvgIpc) is 2.56. The SMILES string of the molecule is Oc1ccc(F)cc1-c1nncn1Br. The minimum Gasteiger partial charge on any atom is -0.507 e. The summed E-state index contributed by atoms with van der Waals surface area (Å²) < 4.78 is 14.3. The molecule has 2 aromatic rings. The molecule has 1 heterocycles. The van der Waals surface area contributed by atoms with Crippen molar-refractivity contribution in [3.05, 3.63) is 30.3 Å². The van der Waals surface area contributed by atoms with Crippen molar-refractivity contribution in [2.24, 2.45) is 0 Å². The fourth-order valence-corrected chi connectivity index (χ4v) is 1.42. The molecular weight excluding hydrogens is 253 g/mol. The van der Waals surface area contributed by atoms with E-state index in [9.17, 15) is 9.50 Å². The molecule has 0 saturated carbocycles. The fraction of sp³-hybridized carbons (Fsp3) is 0. The second kappa shape index (κ2) is 3.38. The summed E-state index contributed by atoms with van der Waals surface area (Å²) in [7, 11) is 0. The molecule has 0 aliphatic rings. The zero-order valence-corrected chi connectivity index (χ0v) is 8.44. The van der Waals surface area contributed by atoms with Crippen LogP contribution in [0.1, 0.15) is 0 Å². The second-order valence-electron chi connectivity index (χ2n) is 2.63. The van der Waals surface area contributed by atoms with Crippen LogP contribution in [0, 0.1) is 5.82 Å². The Kier molecular flexibility index (Phi) is 2.20. The number of halogens is 2. The number of phenolic OH excluding ortho intramolecular Hbond substituents is 1. The van der Waals surface area contributed by atoms with Gasteiger partial charge in [0.15, 0.2) is 5.82 Å². The molecule has 0 atom stereocenters. The number of hydrogen-bond acceptors (Lipinski definition) is 3. The van der Waals surface area contributed by atoms with Crippen molar-refractivity contribution in [2.75, 3.05) is 0 Å². The van der Waals surface area contributed by atoms with Crippen LogP contribution in [0.25, 0.3) is 11.4 Å². The van der Waals surface area contributed by atoms with Crippen molar-refractivity contribution >= 4 is 16.1 Å². The van der Waals surface area contributed by atoms with Crippen molar-refractivity contribution in [3.63, 3.8) is 0 Å². The summed E-state index contributed by atoms with van der Waals surface area (Å²) in [4.78, 5) is 0. The third kappa shape index (κ3) is 1.48. The van der Waals surface area contributed by atoms with Crippen LogP contribution in [-0.2, 0) is 0 Å². The van der Waals surface area contributed by atoms with Gasteiger partial charge in [0.05, 0.1) is 21.7 Å². The van der Waals surface area contributed by atoms with Crippen molar-refractivity contribution in [1.29, 1.82) is 0 Å². The van der Waals surface area contributed by atoms with Crippen molar-refractivity contribution in [2.45, 2.75) is 0 Å². The largest absolute Gasteiger partial charge is 0.507 e. The van der Waals surface area contributed by atoms with Crippen LogP contribution < -0.4 is 0 Å². The topological polar surface area (TPSA) is 50.9 Å². The first kappa shape index (κ1) is 9.14. The van der Waals surface area contributed by atoms with Crippen LogP contribution in [0.4, 0.5) is 4.39 Å². The van der Waals surface area contributed by atoms with Gasteiger partial charge in [0, 0.05) is 0 Å². The van der Waals surface area contributed by atoms with Gasteiger partial charge in [-0.05, 0) is 18.2 Å². The van der Waals surface area contributed by atoms with Crippen LogP contribution in [0.2, 0.25) is 0 Å². The van der Waals surface area contributed by atoms with Gasteiger partial charge in [-0.2, -0.15) is 0 Å². The van der Waals surface area contributed by atoms with Gasteiger partial charge in [0.25, 0.3) is 0 Å². The molecule has 0 fully saturated rings. The Balaban J connectivity index is 2.62. The fourth-order valence-electron chi connectivity index (χ4n) is 1.08. The van der Waals surface area contributed by atoms with Crippen LogP contribution in [0.3, 0.4) is 0 Å². The summed E-state index contributed by atoms with van der Waals surface area (Å²) >= 11 is 3.12. The molecule has 0 radical (unpaired) electrons. The molecule has 14 heavy (non-hydrogen) atoms. The van der Waals surface area contributed by atoms with Crippen molar-refractivity contribution in [3.8, 4) is 17.1 Å². The lowest BCUT2D eigenvalue weighted by Gasteiger charge is -2.01. The Morgan fingerprint density at radius 1 is 1.43 bits per heavy atom. The van der Waals surface area contributed by atoms with Crippen molar-refractivity contribution in [1.82, 2.24) is 13.8 Å². The van der Waals surface area contributed by atoms with Crippen molar-refractivity contribution < 1.29 is 9.50 Å². The molecule has 1 aromatic heterocycles. The zero-order chi connectivity index (χ0) is 10.1. The summed E-state index contributed by atoms with van der Waals surface area (Å²) in [6.07, 6.45) is 1.40. The molecule has 4 nitrogen and oxygen atoms in total. The highest BCUT2D eigenvalue weighted by Crippen LogP contribution is 2.28. The van der Waals surface area contributed by atoms with E-state index in [1.165, 1.54) is 28.1 Å². The standard InChI is InChI=1S/C8H5BrFN3O/c9-13-4-11-12-8(13)6-3-5(10)1-2-7(6)14/h1-4,14H. The number of nitrogens with zero attached hydrogens (tertiary/aromatic N) is 3. The van der Waals surface area contributed by atoms with Crippen LogP contribution in [0.5, 0.6) is 5.75 Å². The third-order valence-electron chi connectivity index (χ3n) is 1.71. The monoisotopic (exact) mass is 257 g/mol. The maximum atomic E-state index is 12.9. The molecule has 0 aliphatic carbocycles. The first-order chi connectivity index (χ1) is 6.68. The molecule has 0 amide bonds. The predicted octanol–water partition coefficient (Wildman–Crippen LogP) is 1.95. The van der Waals surface area contributed by atoms with Gasteiger partial charge in [0.2, 0.25) is 0 Å². The van der Waals surface area contributed by atoms with E-state index in [4.69, 9.17) is 0 Å². The second-order valence-corrected chi connectivity index (χ2v) is 3.39. The Morgan fingerprint density at radius 2 is 2.21 bits per heavy atom. The normalized spacial score (nSPS) is 10.4. The lowest BCUT2D eigenvalue weighted by molar-refractivity contribution is 0.474. The molecular formula is C8H5BrFN3O. The lowest BCUT2D eigenvalue weighted by atomic mass is 10.2. The Labute approximate surface area is 87.4 Å².